The Kier molecular flexibility index (Phi) is 7.78. The van der Waals surface area contributed by atoms with Crippen LogP contribution in [-0.4, -0.2) is 47.4 Å². The fraction of sp³-hybridized carbons (Fsp3) is 0.333. The fourth-order valence-electron chi connectivity index (χ4n) is 2.75. The third-order valence-electron chi connectivity index (χ3n) is 4.42. The van der Waals surface area contributed by atoms with Crippen LogP contribution in [0.2, 0.25) is 0 Å². The largest absolute Gasteiger partial charge is 0.378 e. The number of sulfone groups is 1. The standard InChI is InChI=1S/C21H27N3O4S/c1-4-14-22-20(25)21(26)23-15-19(16-10-12-17(13-11-16)24(2)3)29(27,28)18-8-6-5-7-9-18/h5-13,19H,4,14-15H2,1-3H3,(H,22,25)(H,23,26)/t19-/m0/s1. The van der Waals surface area contributed by atoms with E-state index in [1.54, 1.807) is 30.3 Å². The molecule has 2 rings (SSSR count). The number of hydrogen-bond acceptors (Lipinski definition) is 5. The lowest BCUT2D eigenvalue weighted by atomic mass is 10.1. The molecule has 0 fully saturated rings. The van der Waals surface area contributed by atoms with Crippen LogP contribution >= 0.6 is 0 Å². The molecule has 2 aromatic rings. The molecule has 0 aliphatic heterocycles. The van der Waals surface area contributed by atoms with Crippen molar-refractivity contribution in [3.63, 3.8) is 0 Å². The molecular formula is C21H27N3O4S. The number of nitrogens with one attached hydrogen (secondary N) is 2. The lowest BCUT2D eigenvalue weighted by molar-refractivity contribution is -0.139. The molecule has 2 N–H and O–H groups in total. The van der Waals surface area contributed by atoms with E-state index in [1.807, 2.05) is 38.1 Å². The minimum Gasteiger partial charge on any atom is -0.378 e. The average Bonchev–Trinajstić information content (AvgIpc) is 2.72. The molecule has 7 nitrogen and oxygen atoms in total. The smallest absolute Gasteiger partial charge is 0.309 e. The Balaban J connectivity index is 2.31. The molecule has 0 aromatic heterocycles. The minimum atomic E-state index is -3.79. The van der Waals surface area contributed by atoms with E-state index in [0.29, 0.717) is 18.5 Å². The van der Waals surface area contributed by atoms with Crippen LogP contribution in [-0.2, 0) is 19.4 Å². The zero-order valence-corrected chi connectivity index (χ0v) is 17.7. The molecule has 0 aliphatic carbocycles. The summed E-state index contributed by atoms with van der Waals surface area (Å²) >= 11 is 0. The number of carbonyl (C=O) groups excluding carboxylic acids is 2. The lowest BCUT2D eigenvalue weighted by Gasteiger charge is -2.20. The Morgan fingerprint density at radius 3 is 2.07 bits per heavy atom. The summed E-state index contributed by atoms with van der Waals surface area (Å²) in [7, 11) is -0.00315. The molecule has 0 unspecified atom stereocenters. The minimum absolute atomic E-state index is 0.159. The van der Waals surface area contributed by atoms with Crippen molar-refractivity contribution in [2.75, 3.05) is 32.1 Å². The Bertz CT molecular complexity index is 926. The molecule has 0 spiro atoms. The normalized spacial score (nSPS) is 12.1. The summed E-state index contributed by atoms with van der Waals surface area (Å²) < 4.78 is 26.5. The van der Waals surface area contributed by atoms with Crippen LogP contribution in [0.4, 0.5) is 5.69 Å². The summed E-state index contributed by atoms with van der Waals surface area (Å²) in [5.74, 6) is -1.62. The number of amides is 2. The molecule has 0 radical (unpaired) electrons. The predicted octanol–water partition coefficient (Wildman–Crippen LogP) is 1.91. The fourth-order valence-corrected chi connectivity index (χ4v) is 4.44. The van der Waals surface area contributed by atoms with Gasteiger partial charge < -0.3 is 15.5 Å². The van der Waals surface area contributed by atoms with Crippen LogP contribution in [0.25, 0.3) is 0 Å². The number of hydrogen-bond donors (Lipinski definition) is 2. The first-order valence-electron chi connectivity index (χ1n) is 9.39. The monoisotopic (exact) mass is 417 g/mol. The molecular weight excluding hydrogens is 390 g/mol. The zero-order valence-electron chi connectivity index (χ0n) is 16.9. The molecule has 0 bridgehead atoms. The summed E-state index contributed by atoms with van der Waals surface area (Å²) in [6, 6.07) is 15.2. The number of nitrogens with zero attached hydrogens (tertiary/aromatic N) is 1. The number of anilines is 1. The third-order valence-corrected chi connectivity index (χ3v) is 6.53. The van der Waals surface area contributed by atoms with E-state index >= 15 is 0 Å². The van der Waals surface area contributed by atoms with Gasteiger partial charge >= 0.3 is 11.8 Å². The molecule has 8 heteroatoms. The molecule has 2 amide bonds. The van der Waals surface area contributed by atoms with Gasteiger partial charge in [0.05, 0.1) is 4.90 Å². The number of rotatable bonds is 8. The highest BCUT2D eigenvalue weighted by atomic mass is 32.2. The average molecular weight is 418 g/mol. The molecule has 1 atom stereocenters. The highest BCUT2D eigenvalue weighted by Crippen LogP contribution is 2.29. The van der Waals surface area contributed by atoms with Crippen LogP contribution < -0.4 is 15.5 Å². The zero-order chi connectivity index (χ0) is 21.4. The van der Waals surface area contributed by atoms with Crippen LogP contribution in [0.1, 0.15) is 24.2 Å². The van der Waals surface area contributed by atoms with Gasteiger partial charge in [0.2, 0.25) is 0 Å². The van der Waals surface area contributed by atoms with Gasteiger partial charge in [-0.1, -0.05) is 37.3 Å². The molecule has 29 heavy (non-hydrogen) atoms. The maximum atomic E-state index is 13.2. The predicted molar refractivity (Wildman–Crippen MR) is 113 cm³/mol. The summed E-state index contributed by atoms with van der Waals surface area (Å²) in [5, 5.41) is 3.92. The van der Waals surface area contributed by atoms with E-state index in [2.05, 4.69) is 10.6 Å². The molecule has 156 valence electrons. The van der Waals surface area contributed by atoms with Crippen molar-refractivity contribution >= 4 is 27.3 Å². The van der Waals surface area contributed by atoms with Crippen molar-refractivity contribution in [1.29, 1.82) is 0 Å². The molecule has 0 saturated carbocycles. The van der Waals surface area contributed by atoms with Gasteiger partial charge in [0.1, 0.15) is 5.25 Å². The Labute approximate surface area is 172 Å². The van der Waals surface area contributed by atoms with E-state index in [1.165, 1.54) is 12.1 Å². The van der Waals surface area contributed by atoms with E-state index < -0.39 is 26.9 Å². The van der Waals surface area contributed by atoms with Crippen molar-refractivity contribution in [2.45, 2.75) is 23.5 Å². The first-order valence-corrected chi connectivity index (χ1v) is 10.9. The van der Waals surface area contributed by atoms with Crippen LogP contribution in [0.3, 0.4) is 0 Å². The number of benzene rings is 2. The van der Waals surface area contributed by atoms with Gasteiger partial charge in [-0.2, -0.15) is 0 Å². The maximum Gasteiger partial charge on any atom is 0.309 e. The lowest BCUT2D eigenvalue weighted by Crippen LogP contribution is -2.42. The summed E-state index contributed by atoms with van der Waals surface area (Å²) in [6.45, 7) is 2.04. The highest BCUT2D eigenvalue weighted by Gasteiger charge is 2.30. The summed E-state index contributed by atoms with van der Waals surface area (Å²) in [4.78, 5) is 25.9. The summed E-state index contributed by atoms with van der Waals surface area (Å²) in [5.41, 5.74) is 1.46. The van der Waals surface area contributed by atoms with Gasteiger partial charge in [0, 0.05) is 32.9 Å². The van der Waals surface area contributed by atoms with E-state index in [0.717, 1.165) is 5.69 Å². The van der Waals surface area contributed by atoms with Crippen molar-refractivity contribution in [3.05, 3.63) is 60.2 Å². The second-order valence-corrected chi connectivity index (χ2v) is 8.93. The van der Waals surface area contributed by atoms with Crippen molar-refractivity contribution in [1.82, 2.24) is 10.6 Å². The van der Waals surface area contributed by atoms with E-state index in [-0.39, 0.29) is 11.4 Å². The quantitative estimate of drug-likeness (QED) is 0.640. The Morgan fingerprint density at radius 2 is 1.52 bits per heavy atom. The number of carbonyl (C=O) groups is 2. The first-order chi connectivity index (χ1) is 13.8. The van der Waals surface area contributed by atoms with Gasteiger partial charge in [0.15, 0.2) is 9.84 Å². The van der Waals surface area contributed by atoms with Crippen molar-refractivity contribution < 1.29 is 18.0 Å². The van der Waals surface area contributed by atoms with Crippen molar-refractivity contribution in [3.8, 4) is 0 Å². The molecule has 0 saturated heterocycles. The molecule has 0 aliphatic rings. The molecule has 2 aromatic carbocycles. The van der Waals surface area contributed by atoms with Crippen LogP contribution in [0.15, 0.2) is 59.5 Å². The third kappa shape index (κ3) is 5.80. The Hall–Kier alpha value is -2.87. The second kappa shape index (κ2) is 10.1. The van der Waals surface area contributed by atoms with E-state index in [9.17, 15) is 18.0 Å². The van der Waals surface area contributed by atoms with Gasteiger partial charge in [-0.3, -0.25) is 9.59 Å². The van der Waals surface area contributed by atoms with Crippen molar-refractivity contribution in [2.24, 2.45) is 0 Å². The van der Waals surface area contributed by atoms with Gasteiger partial charge in [-0.05, 0) is 36.2 Å². The van der Waals surface area contributed by atoms with Gasteiger partial charge in [-0.25, -0.2) is 8.42 Å². The van der Waals surface area contributed by atoms with Gasteiger partial charge in [0.25, 0.3) is 0 Å². The maximum absolute atomic E-state index is 13.2. The first kappa shape index (κ1) is 22.4. The second-order valence-electron chi connectivity index (χ2n) is 6.80. The van der Waals surface area contributed by atoms with Crippen LogP contribution in [0.5, 0.6) is 0 Å². The topological polar surface area (TPSA) is 95.6 Å². The Morgan fingerprint density at radius 1 is 0.931 bits per heavy atom. The SMILES string of the molecule is CCCNC(=O)C(=O)NC[C@@H](c1ccc(N(C)C)cc1)S(=O)(=O)c1ccccc1. The summed E-state index contributed by atoms with van der Waals surface area (Å²) in [6.07, 6.45) is 0.697. The van der Waals surface area contributed by atoms with Crippen LogP contribution in [0, 0.1) is 0 Å². The van der Waals surface area contributed by atoms with Gasteiger partial charge in [-0.15, -0.1) is 0 Å². The van der Waals surface area contributed by atoms with E-state index in [4.69, 9.17) is 0 Å². The highest BCUT2D eigenvalue weighted by molar-refractivity contribution is 7.91. The molecule has 0 heterocycles.